The maximum atomic E-state index is 7.19. The van der Waals surface area contributed by atoms with E-state index in [9.17, 15) is 0 Å². The first-order valence-electron chi connectivity index (χ1n) is 8.03. The first-order valence-corrected chi connectivity index (χ1v) is 15.1. The Hall–Kier alpha value is -0.0562. The zero-order valence-corrected chi connectivity index (χ0v) is 16.5. The SMILES string of the molecule is Cc1cc([Si](C)(C)C)cc([Si](C)(Cl)C2CCCCC2)c1. The van der Waals surface area contributed by atoms with E-state index in [4.69, 9.17) is 11.1 Å². The summed E-state index contributed by atoms with van der Waals surface area (Å²) in [4.78, 5) is 0. The highest BCUT2D eigenvalue weighted by Gasteiger charge is 2.38. The summed E-state index contributed by atoms with van der Waals surface area (Å²) in [6.07, 6.45) is 6.87. The van der Waals surface area contributed by atoms with Gasteiger partial charge in [-0.3, -0.25) is 0 Å². The van der Waals surface area contributed by atoms with Crippen LogP contribution < -0.4 is 10.4 Å². The van der Waals surface area contributed by atoms with Gasteiger partial charge in [0.15, 0.2) is 7.38 Å². The van der Waals surface area contributed by atoms with Gasteiger partial charge in [-0.1, -0.05) is 87.2 Å². The molecule has 1 aliphatic rings. The Balaban J connectivity index is 2.37. The molecule has 1 fully saturated rings. The monoisotopic (exact) mass is 324 g/mol. The van der Waals surface area contributed by atoms with E-state index in [0.717, 1.165) is 5.54 Å². The smallest absolute Gasteiger partial charge is 0.161 e. The maximum absolute atomic E-state index is 7.19. The molecule has 0 spiro atoms. The molecule has 1 unspecified atom stereocenters. The standard InChI is InChI=1S/C17H29ClSi2/c1-14-11-16(19(2,3)4)13-17(12-14)20(5,18)15-9-7-6-8-10-15/h11-13,15H,6-10H2,1-5H3. The van der Waals surface area contributed by atoms with Crippen LogP contribution in [0.2, 0.25) is 31.7 Å². The zero-order chi connectivity index (χ0) is 15.0. The number of benzene rings is 1. The van der Waals surface area contributed by atoms with E-state index in [2.05, 4.69) is 51.3 Å². The van der Waals surface area contributed by atoms with Crippen molar-refractivity contribution < 1.29 is 0 Å². The largest absolute Gasteiger partial charge is 0.186 e. The van der Waals surface area contributed by atoms with Crippen LogP contribution in [0.15, 0.2) is 18.2 Å². The highest BCUT2D eigenvalue weighted by molar-refractivity contribution is 7.27. The van der Waals surface area contributed by atoms with E-state index in [1.807, 2.05) is 0 Å². The predicted molar refractivity (Wildman–Crippen MR) is 98.1 cm³/mol. The number of aryl methyl sites for hydroxylation is 1. The molecule has 0 radical (unpaired) electrons. The molecule has 0 aliphatic heterocycles. The number of hydrogen-bond donors (Lipinski definition) is 0. The predicted octanol–water partition coefficient (Wildman–Crippen LogP) is 4.90. The van der Waals surface area contributed by atoms with Crippen LogP contribution >= 0.6 is 11.1 Å². The molecule has 1 aromatic rings. The van der Waals surface area contributed by atoms with Gasteiger partial charge in [-0.15, -0.1) is 0 Å². The fourth-order valence-electron chi connectivity index (χ4n) is 3.38. The van der Waals surface area contributed by atoms with Gasteiger partial charge in [0.2, 0.25) is 0 Å². The molecule has 3 heteroatoms. The van der Waals surface area contributed by atoms with Gasteiger partial charge in [0, 0.05) is 0 Å². The molecule has 1 aromatic carbocycles. The van der Waals surface area contributed by atoms with Crippen LogP contribution in [0.3, 0.4) is 0 Å². The number of hydrogen-bond acceptors (Lipinski definition) is 0. The number of rotatable bonds is 3. The fourth-order valence-corrected chi connectivity index (χ4v) is 8.67. The van der Waals surface area contributed by atoms with E-state index in [1.165, 1.54) is 42.9 Å². The molecule has 0 bridgehead atoms. The normalized spacial score (nSPS) is 20.7. The van der Waals surface area contributed by atoms with Crippen molar-refractivity contribution >= 4 is 36.9 Å². The second-order valence-electron chi connectivity index (χ2n) is 7.75. The molecule has 1 saturated carbocycles. The first-order chi connectivity index (χ1) is 9.21. The van der Waals surface area contributed by atoms with Gasteiger partial charge in [0.05, 0.1) is 8.07 Å². The minimum atomic E-state index is -1.83. The van der Waals surface area contributed by atoms with E-state index in [1.54, 1.807) is 5.19 Å². The Bertz CT molecular complexity index is 468. The van der Waals surface area contributed by atoms with Crippen LogP contribution in [-0.2, 0) is 0 Å². The summed E-state index contributed by atoms with van der Waals surface area (Å²) in [5, 5.41) is 3.06. The van der Waals surface area contributed by atoms with Crippen LogP contribution in [0.4, 0.5) is 0 Å². The third-order valence-corrected chi connectivity index (χ3v) is 12.0. The topological polar surface area (TPSA) is 0 Å². The van der Waals surface area contributed by atoms with Crippen molar-refractivity contribution in [3.8, 4) is 0 Å². The lowest BCUT2D eigenvalue weighted by Gasteiger charge is -2.34. The Morgan fingerprint density at radius 2 is 1.45 bits per heavy atom. The lowest BCUT2D eigenvalue weighted by atomic mass is 10.0. The molecule has 1 atom stereocenters. The molecule has 0 nitrogen and oxygen atoms in total. The van der Waals surface area contributed by atoms with Gasteiger partial charge in [0.1, 0.15) is 0 Å². The van der Waals surface area contributed by atoms with Gasteiger partial charge < -0.3 is 0 Å². The summed E-state index contributed by atoms with van der Waals surface area (Å²) in [7, 11) is -3.09. The Morgan fingerprint density at radius 1 is 0.900 bits per heavy atom. The molecule has 1 aliphatic carbocycles. The van der Waals surface area contributed by atoms with Crippen molar-refractivity contribution in [1.82, 2.24) is 0 Å². The van der Waals surface area contributed by atoms with E-state index in [0.29, 0.717) is 0 Å². The summed E-state index contributed by atoms with van der Waals surface area (Å²) in [6, 6.07) is 7.22. The van der Waals surface area contributed by atoms with Gasteiger partial charge in [-0.05, 0) is 17.7 Å². The van der Waals surface area contributed by atoms with Gasteiger partial charge >= 0.3 is 0 Å². The quantitative estimate of drug-likeness (QED) is 0.548. The summed E-state index contributed by atoms with van der Waals surface area (Å²) in [5.74, 6) is 0. The molecule has 2 rings (SSSR count). The number of halogens is 1. The molecular formula is C17H29ClSi2. The third-order valence-electron chi connectivity index (χ3n) is 4.88. The molecule has 20 heavy (non-hydrogen) atoms. The fraction of sp³-hybridized carbons (Fsp3) is 0.647. The maximum Gasteiger partial charge on any atom is 0.186 e. The van der Waals surface area contributed by atoms with Crippen molar-refractivity contribution in [2.24, 2.45) is 0 Å². The minimum Gasteiger partial charge on any atom is -0.161 e. The molecule has 112 valence electrons. The molecular weight excluding hydrogens is 296 g/mol. The van der Waals surface area contributed by atoms with Crippen molar-refractivity contribution in [3.63, 3.8) is 0 Å². The molecule has 0 aromatic heterocycles. The van der Waals surface area contributed by atoms with Crippen LogP contribution in [0.1, 0.15) is 37.7 Å². The van der Waals surface area contributed by atoms with Gasteiger partial charge in [0.25, 0.3) is 0 Å². The summed E-state index contributed by atoms with van der Waals surface area (Å²) >= 11 is 7.19. The molecule has 0 heterocycles. The Labute approximate surface area is 131 Å². The lowest BCUT2D eigenvalue weighted by molar-refractivity contribution is 0.497. The van der Waals surface area contributed by atoms with Crippen molar-refractivity contribution in [2.45, 2.75) is 70.8 Å². The van der Waals surface area contributed by atoms with E-state index in [-0.39, 0.29) is 0 Å². The van der Waals surface area contributed by atoms with Gasteiger partial charge in [-0.2, -0.15) is 11.1 Å². The summed E-state index contributed by atoms with van der Waals surface area (Å²) in [6.45, 7) is 11.9. The Kier molecular flexibility index (Phi) is 4.88. The average molecular weight is 325 g/mol. The minimum absolute atomic E-state index is 0.772. The van der Waals surface area contributed by atoms with Crippen LogP contribution in [-0.4, -0.2) is 15.5 Å². The first kappa shape index (κ1) is 16.3. The second kappa shape index (κ2) is 5.98. The Morgan fingerprint density at radius 3 is 2.00 bits per heavy atom. The molecule has 0 saturated heterocycles. The third kappa shape index (κ3) is 3.58. The van der Waals surface area contributed by atoms with Crippen LogP contribution in [0.5, 0.6) is 0 Å². The van der Waals surface area contributed by atoms with Gasteiger partial charge in [-0.25, -0.2) is 0 Å². The van der Waals surface area contributed by atoms with Crippen molar-refractivity contribution in [1.29, 1.82) is 0 Å². The lowest BCUT2D eigenvalue weighted by Crippen LogP contribution is -2.48. The average Bonchev–Trinajstić information content (AvgIpc) is 2.38. The van der Waals surface area contributed by atoms with Crippen LogP contribution in [0.25, 0.3) is 0 Å². The van der Waals surface area contributed by atoms with Crippen molar-refractivity contribution in [2.75, 3.05) is 0 Å². The van der Waals surface area contributed by atoms with E-state index < -0.39 is 15.5 Å². The summed E-state index contributed by atoms with van der Waals surface area (Å²) < 4.78 is 0. The van der Waals surface area contributed by atoms with Crippen molar-refractivity contribution in [3.05, 3.63) is 23.8 Å². The highest BCUT2D eigenvalue weighted by Crippen LogP contribution is 2.38. The van der Waals surface area contributed by atoms with Crippen LogP contribution in [0, 0.1) is 6.92 Å². The highest BCUT2D eigenvalue weighted by atomic mass is 35.6. The van der Waals surface area contributed by atoms with E-state index >= 15 is 0 Å². The molecule has 0 N–H and O–H groups in total. The molecule has 0 amide bonds. The second-order valence-corrected chi connectivity index (χ2v) is 18.7. The summed E-state index contributed by atoms with van der Waals surface area (Å²) in [5.41, 5.74) is 2.17. The zero-order valence-electron chi connectivity index (χ0n) is 13.7.